The Hall–Kier alpha value is -5.60. The van der Waals surface area contributed by atoms with Gasteiger partial charge in [-0.1, -0.05) is 65.9 Å². The van der Waals surface area contributed by atoms with E-state index < -0.39 is 67.3 Å². The number of hydrogen-bond acceptors (Lipinski definition) is 8. The highest BCUT2D eigenvalue weighted by Gasteiger charge is 2.26. The lowest BCUT2D eigenvalue weighted by atomic mass is 10.0. The number of nitrogens with one attached hydrogen (secondary N) is 4. The van der Waals surface area contributed by atoms with Crippen molar-refractivity contribution in [1.29, 1.82) is 0 Å². The zero-order valence-electron chi connectivity index (χ0n) is 22.2. The highest BCUT2D eigenvalue weighted by molar-refractivity contribution is 5.97. The summed E-state index contributed by atoms with van der Waals surface area (Å²) in [7, 11) is 0. The maximum atomic E-state index is 13.1. The molecule has 220 valence electrons. The molecular weight excluding hydrogens is 550 g/mol. The summed E-state index contributed by atoms with van der Waals surface area (Å²) < 4.78 is 0.951. The van der Waals surface area contributed by atoms with E-state index in [0.29, 0.717) is 11.1 Å². The zero-order valence-corrected chi connectivity index (χ0v) is 22.2. The van der Waals surface area contributed by atoms with E-state index in [9.17, 15) is 28.8 Å². The summed E-state index contributed by atoms with van der Waals surface area (Å²) in [6.45, 7) is -1.70. The minimum Gasteiger partial charge on any atom is -0.480 e. The molecule has 0 fully saturated rings. The third-order valence-electron chi connectivity index (χ3n) is 5.74. The summed E-state index contributed by atoms with van der Waals surface area (Å²) in [5, 5.41) is 34.7. The minimum absolute atomic E-state index is 0.0531. The average Bonchev–Trinajstić information content (AvgIpc) is 3.43. The van der Waals surface area contributed by atoms with Crippen molar-refractivity contribution in [3.05, 3.63) is 83.7 Å². The molecule has 0 unspecified atom stereocenters. The van der Waals surface area contributed by atoms with Gasteiger partial charge in [0.2, 0.25) is 17.7 Å². The Bertz CT molecular complexity index is 1410. The second-order valence-corrected chi connectivity index (χ2v) is 9.05. The number of nitrogens with zero attached hydrogens (tertiary/aromatic N) is 3. The van der Waals surface area contributed by atoms with Crippen molar-refractivity contribution in [3.63, 3.8) is 0 Å². The number of benzene rings is 2. The van der Waals surface area contributed by atoms with Crippen LogP contribution in [0, 0.1) is 0 Å². The van der Waals surface area contributed by atoms with Gasteiger partial charge in [-0.3, -0.25) is 28.8 Å². The molecule has 0 saturated carbocycles. The summed E-state index contributed by atoms with van der Waals surface area (Å²) in [5.41, 5.74) is 1.20. The maximum Gasteiger partial charge on any atom is 0.325 e. The number of carbonyl (C=O) groups excluding carboxylic acids is 4. The van der Waals surface area contributed by atoms with Gasteiger partial charge >= 0.3 is 11.9 Å². The molecule has 0 bridgehead atoms. The molecule has 1 heterocycles. The molecule has 0 aliphatic heterocycles. The van der Waals surface area contributed by atoms with Crippen molar-refractivity contribution in [1.82, 2.24) is 36.3 Å². The number of rotatable bonds is 15. The molecule has 3 aromatic rings. The first-order valence-corrected chi connectivity index (χ1v) is 12.7. The lowest BCUT2D eigenvalue weighted by Crippen LogP contribution is -2.53. The van der Waals surface area contributed by atoms with Crippen molar-refractivity contribution in [3.8, 4) is 0 Å². The highest BCUT2D eigenvalue weighted by Crippen LogP contribution is 2.06. The smallest absolute Gasteiger partial charge is 0.325 e. The predicted octanol–water partition coefficient (Wildman–Crippen LogP) is -1.25. The molecular formula is C27H29N7O8. The number of carboxylic acid groups (broad SMARTS) is 2. The fourth-order valence-corrected chi connectivity index (χ4v) is 3.79. The van der Waals surface area contributed by atoms with Gasteiger partial charge in [-0.25, -0.2) is 4.68 Å². The number of carboxylic acids is 2. The lowest BCUT2D eigenvalue weighted by Gasteiger charge is -2.20. The van der Waals surface area contributed by atoms with Crippen molar-refractivity contribution >= 4 is 35.6 Å². The third-order valence-corrected chi connectivity index (χ3v) is 5.74. The van der Waals surface area contributed by atoms with Gasteiger partial charge in [-0.15, -0.1) is 5.10 Å². The van der Waals surface area contributed by atoms with Crippen molar-refractivity contribution < 1.29 is 39.0 Å². The highest BCUT2D eigenvalue weighted by atomic mass is 16.4. The average molecular weight is 580 g/mol. The summed E-state index contributed by atoms with van der Waals surface area (Å²) in [4.78, 5) is 72.9. The molecule has 1 aromatic heterocycles. The Morgan fingerprint density at radius 2 is 1.24 bits per heavy atom. The predicted molar refractivity (Wildman–Crippen MR) is 145 cm³/mol. The van der Waals surface area contributed by atoms with Gasteiger partial charge in [0.1, 0.15) is 25.2 Å². The summed E-state index contributed by atoms with van der Waals surface area (Å²) in [6, 6.07) is 15.2. The van der Waals surface area contributed by atoms with E-state index in [4.69, 9.17) is 10.2 Å². The quantitative estimate of drug-likeness (QED) is 0.125. The van der Waals surface area contributed by atoms with E-state index in [1.54, 1.807) is 60.7 Å². The second-order valence-electron chi connectivity index (χ2n) is 9.05. The van der Waals surface area contributed by atoms with E-state index >= 15 is 0 Å². The van der Waals surface area contributed by atoms with Gasteiger partial charge in [0.05, 0.1) is 12.7 Å². The molecule has 15 nitrogen and oxygen atoms in total. The summed E-state index contributed by atoms with van der Waals surface area (Å²) in [5.74, 6) is -5.38. The van der Waals surface area contributed by atoms with E-state index in [1.807, 2.05) is 0 Å². The van der Waals surface area contributed by atoms with Crippen LogP contribution in [0.15, 0.2) is 66.9 Å². The van der Waals surface area contributed by atoms with Crippen LogP contribution in [-0.2, 0) is 43.4 Å². The van der Waals surface area contributed by atoms with Crippen LogP contribution in [0.4, 0.5) is 0 Å². The topological polar surface area (TPSA) is 222 Å². The normalized spacial score (nSPS) is 11.9. The monoisotopic (exact) mass is 579 g/mol. The van der Waals surface area contributed by atoms with Gasteiger partial charge in [0.15, 0.2) is 5.69 Å². The molecule has 0 saturated heterocycles. The largest absolute Gasteiger partial charge is 0.480 e. The molecule has 0 aliphatic rings. The molecule has 0 radical (unpaired) electrons. The second kappa shape index (κ2) is 15.3. The molecule has 0 aliphatic carbocycles. The fraction of sp³-hybridized carbons (Fsp3) is 0.259. The van der Waals surface area contributed by atoms with E-state index in [1.165, 1.54) is 0 Å². The third kappa shape index (κ3) is 10.2. The maximum absolute atomic E-state index is 13.1. The van der Waals surface area contributed by atoms with Crippen molar-refractivity contribution in [2.75, 3.05) is 13.1 Å². The summed E-state index contributed by atoms with van der Waals surface area (Å²) >= 11 is 0. The first-order valence-electron chi connectivity index (χ1n) is 12.7. The van der Waals surface area contributed by atoms with Crippen LogP contribution >= 0.6 is 0 Å². The number of amides is 4. The van der Waals surface area contributed by atoms with Gasteiger partial charge in [-0.2, -0.15) is 0 Å². The standard InChI is InChI=1S/C27H29N7O8/c35-22(30-19(25(40)29-14-23(36)37)11-17-7-3-1-4-8-17)13-28-26(41)20(12-18-9-5-2-6-10-18)31-27(42)21-15-34(33-32-21)16-24(38)39/h1-10,15,19-20H,11-14,16H2,(H,28,41)(H,29,40)(H,30,35)(H,31,42)(H,36,37)(H,38,39)/t19-,20-/m0/s1. The van der Waals surface area contributed by atoms with Crippen LogP contribution in [0.25, 0.3) is 0 Å². The van der Waals surface area contributed by atoms with E-state index in [0.717, 1.165) is 10.9 Å². The molecule has 2 atom stereocenters. The van der Waals surface area contributed by atoms with Crippen LogP contribution in [0.1, 0.15) is 21.6 Å². The number of aliphatic carboxylic acids is 2. The van der Waals surface area contributed by atoms with Gasteiger partial charge < -0.3 is 31.5 Å². The fourth-order valence-electron chi connectivity index (χ4n) is 3.79. The van der Waals surface area contributed by atoms with Crippen LogP contribution in [-0.4, -0.2) is 85.9 Å². The van der Waals surface area contributed by atoms with Crippen LogP contribution in [0.3, 0.4) is 0 Å². The molecule has 6 N–H and O–H groups in total. The van der Waals surface area contributed by atoms with Crippen LogP contribution in [0.2, 0.25) is 0 Å². The molecule has 2 aromatic carbocycles. The Labute approximate surface area is 239 Å². The first-order chi connectivity index (χ1) is 20.1. The van der Waals surface area contributed by atoms with E-state index in [-0.39, 0.29) is 18.5 Å². The Morgan fingerprint density at radius 1 is 0.714 bits per heavy atom. The molecule has 0 spiro atoms. The lowest BCUT2D eigenvalue weighted by molar-refractivity contribution is -0.138. The number of hydrogen-bond donors (Lipinski definition) is 6. The Morgan fingerprint density at radius 3 is 1.76 bits per heavy atom. The molecule has 42 heavy (non-hydrogen) atoms. The Kier molecular flexibility index (Phi) is 11.2. The van der Waals surface area contributed by atoms with Gasteiger partial charge in [0.25, 0.3) is 5.91 Å². The Balaban J connectivity index is 1.66. The van der Waals surface area contributed by atoms with Crippen LogP contribution in [0.5, 0.6) is 0 Å². The summed E-state index contributed by atoms with van der Waals surface area (Å²) in [6.07, 6.45) is 1.25. The number of carbonyl (C=O) groups is 6. The minimum atomic E-state index is -1.25. The van der Waals surface area contributed by atoms with Gasteiger partial charge in [0, 0.05) is 12.8 Å². The van der Waals surface area contributed by atoms with Crippen molar-refractivity contribution in [2.45, 2.75) is 31.5 Å². The number of aromatic nitrogens is 3. The molecule has 15 heteroatoms. The van der Waals surface area contributed by atoms with Crippen LogP contribution < -0.4 is 21.3 Å². The molecule has 3 rings (SSSR count). The molecule has 4 amide bonds. The van der Waals surface area contributed by atoms with E-state index in [2.05, 4.69) is 31.6 Å². The zero-order chi connectivity index (χ0) is 30.5. The van der Waals surface area contributed by atoms with Crippen molar-refractivity contribution in [2.24, 2.45) is 0 Å². The first kappa shape index (κ1) is 30.9. The van der Waals surface area contributed by atoms with Gasteiger partial charge in [-0.05, 0) is 11.1 Å². The SMILES string of the molecule is O=C(O)CNC(=O)[C@H](Cc1ccccc1)NC(=O)CNC(=O)[C@H](Cc1ccccc1)NC(=O)c1cn(CC(=O)O)nn1.